The Morgan fingerprint density at radius 3 is 2.29 bits per heavy atom. The van der Waals surface area contributed by atoms with Gasteiger partial charge in [-0.15, -0.1) is 0 Å². The highest BCUT2D eigenvalue weighted by Gasteiger charge is 2.33. The molecule has 0 atom stereocenters. The van der Waals surface area contributed by atoms with Gasteiger partial charge in [-0.3, -0.25) is 0 Å². The fourth-order valence-corrected chi connectivity index (χ4v) is 1.83. The van der Waals surface area contributed by atoms with Gasteiger partial charge in [0.1, 0.15) is 0 Å². The number of halogens is 4. The van der Waals surface area contributed by atoms with Gasteiger partial charge in [0, 0.05) is 10.4 Å². The molecule has 2 rings (SSSR count). The molecular weight excluding hydrogens is 257 g/mol. The molecule has 0 saturated heterocycles. The van der Waals surface area contributed by atoms with Crippen LogP contribution in [0.1, 0.15) is 24.0 Å². The first-order valence-corrected chi connectivity index (χ1v) is 4.99. The third kappa shape index (κ3) is 1.95. The second-order valence-electron chi connectivity index (χ2n) is 3.30. The van der Waals surface area contributed by atoms with Crippen molar-refractivity contribution >= 4 is 15.9 Å². The van der Waals surface area contributed by atoms with Crippen LogP contribution in [-0.2, 0) is 6.18 Å². The van der Waals surface area contributed by atoms with Crippen LogP contribution in [0.2, 0.25) is 0 Å². The summed E-state index contributed by atoms with van der Waals surface area (Å²) in [4.78, 5) is 0. The molecule has 1 aromatic carbocycles. The van der Waals surface area contributed by atoms with Gasteiger partial charge < -0.3 is 0 Å². The third-order valence-electron chi connectivity index (χ3n) is 2.17. The van der Waals surface area contributed by atoms with E-state index in [2.05, 4.69) is 15.9 Å². The molecule has 1 aliphatic carbocycles. The molecule has 1 aromatic rings. The van der Waals surface area contributed by atoms with Gasteiger partial charge in [-0.2, -0.15) is 13.2 Å². The van der Waals surface area contributed by atoms with Crippen LogP contribution in [0.5, 0.6) is 0 Å². The Hall–Kier alpha value is -0.510. The summed E-state index contributed by atoms with van der Waals surface area (Å²) in [6.07, 6.45) is -2.41. The van der Waals surface area contributed by atoms with E-state index in [1.54, 1.807) is 0 Å². The lowest BCUT2D eigenvalue weighted by Crippen LogP contribution is -2.05. The van der Waals surface area contributed by atoms with Crippen molar-refractivity contribution < 1.29 is 13.2 Å². The molecule has 0 aromatic heterocycles. The summed E-state index contributed by atoms with van der Waals surface area (Å²) in [7, 11) is 0. The average Bonchev–Trinajstić information content (AvgIpc) is 2.85. The Morgan fingerprint density at radius 1 is 1.14 bits per heavy atom. The molecule has 4 heteroatoms. The summed E-state index contributed by atoms with van der Waals surface area (Å²) in [5, 5.41) is 0. The topological polar surface area (TPSA) is 0 Å². The lowest BCUT2D eigenvalue weighted by Gasteiger charge is -2.09. The highest BCUT2D eigenvalue weighted by atomic mass is 79.9. The molecule has 1 aliphatic rings. The molecule has 0 aliphatic heterocycles. The second-order valence-corrected chi connectivity index (χ2v) is 4.15. The Morgan fingerprint density at radius 2 is 1.79 bits per heavy atom. The minimum Gasteiger partial charge on any atom is -0.166 e. The van der Waals surface area contributed by atoms with E-state index in [0.29, 0.717) is 5.56 Å². The predicted octanol–water partition coefficient (Wildman–Crippen LogP) is 4.18. The summed E-state index contributed by atoms with van der Waals surface area (Å²) in [5.41, 5.74) is 0.134. The Balaban J connectivity index is 2.40. The van der Waals surface area contributed by atoms with Gasteiger partial charge in [-0.05, 0) is 36.6 Å². The second kappa shape index (κ2) is 3.26. The lowest BCUT2D eigenvalue weighted by atomic mass is 10.1. The molecule has 75 valence electrons. The molecule has 0 bridgehead atoms. The monoisotopic (exact) mass is 263 g/mol. The standard InChI is InChI=1S/C10H7BrF3/c11-9-4-3-7(10(12,13)14)5-8(9)6-1-2-6/h3-5H,1-2H2. The zero-order valence-electron chi connectivity index (χ0n) is 7.16. The van der Waals surface area contributed by atoms with Gasteiger partial charge in [0.05, 0.1) is 5.56 Å². The molecule has 14 heavy (non-hydrogen) atoms. The molecule has 1 radical (unpaired) electrons. The zero-order valence-corrected chi connectivity index (χ0v) is 8.74. The Bertz CT molecular complexity index is 353. The van der Waals surface area contributed by atoms with Crippen molar-refractivity contribution in [3.63, 3.8) is 0 Å². The maximum atomic E-state index is 12.4. The van der Waals surface area contributed by atoms with Crippen molar-refractivity contribution in [3.05, 3.63) is 39.7 Å². The summed E-state index contributed by atoms with van der Waals surface area (Å²) in [6, 6.07) is 3.77. The smallest absolute Gasteiger partial charge is 0.166 e. The SMILES string of the molecule is FC(F)(F)c1ccc(Br)c([C]2CC2)c1. The maximum Gasteiger partial charge on any atom is 0.416 e. The van der Waals surface area contributed by atoms with E-state index >= 15 is 0 Å². The Kier molecular flexibility index (Phi) is 2.33. The van der Waals surface area contributed by atoms with Crippen molar-refractivity contribution in [3.8, 4) is 0 Å². The van der Waals surface area contributed by atoms with Gasteiger partial charge in [0.15, 0.2) is 0 Å². The molecule has 0 unspecified atom stereocenters. The number of alkyl halides is 3. The van der Waals surface area contributed by atoms with Crippen molar-refractivity contribution in [1.82, 2.24) is 0 Å². The summed E-state index contributed by atoms with van der Waals surface area (Å²) in [5.74, 6) is 1.10. The largest absolute Gasteiger partial charge is 0.416 e. The van der Waals surface area contributed by atoms with Crippen molar-refractivity contribution in [2.75, 3.05) is 0 Å². The number of rotatable bonds is 1. The van der Waals surface area contributed by atoms with Crippen LogP contribution < -0.4 is 0 Å². The van der Waals surface area contributed by atoms with E-state index < -0.39 is 11.7 Å². The molecule has 0 N–H and O–H groups in total. The zero-order chi connectivity index (χ0) is 10.3. The molecule has 0 heterocycles. The van der Waals surface area contributed by atoms with Crippen LogP contribution in [0.15, 0.2) is 22.7 Å². The molecule has 0 spiro atoms. The summed E-state index contributed by atoms with van der Waals surface area (Å²) >= 11 is 3.25. The van der Waals surface area contributed by atoms with Crippen molar-refractivity contribution in [2.45, 2.75) is 19.0 Å². The van der Waals surface area contributed by atoms with Crippen LogP contribution in [0.4, 0.5) is 13.2 Å². The van der Waals surface area contributed by atoms with Gasteiger partial charge in [0.25, 0.3) is 0 Å². The van der Waals surface area contributed by atoms with Crippen molar-refractivity contribution in [2.24, 2.45) is 0 Å². The fraction of sp³-hybridized carbons (Fsp3) is 0.300. The van der Waals surface area contributed by atoms with Crippen molar-refractivity contribution in [1.29, 1.82) is 0 Å². The first-order chi connectivity index (χ1) is 6.48. The first-order valence-electron chi connectivity index (χ1n) is 4.20. The molecule has 1 fully saturated rings. The van der Waals surface area contributed by atoms with Gasteiger partial charge in [0.2, 0.25) is 0 Å². The highest BCUT2D eigenvalue weighted by Crippen LogP contribution is 2.44. The van der Waals surface area contributed by atoms with E-state index in [4.69, 9.17) is 0 Å². The number of hydrogen-bond acceptors (Lipinski definition) is 0. The first kappa shape index (κ1) is 10.0. The maximum absolute atomic E-state index is 12.4. The number of hydrogen-bond donors (Lipinski definition) is 0. The third-order valence-corrected chi connectivity index (χ3v) is 2.87. The summed E-state index contributed by atoms with van der Waals surface area (Å²) in [6.45, 7) is 0. The minimum atomic E-state index is -4.25. The van der Waals surface area contributed by atoms with Crippen LogP contribution in [0, 0.1) is 5.92 Å². The van der Waals surface area contributed by atoms with E-state index in [9.17, 15) is 13.2 Å². The average molecular weight is 264 g/mol. The van der Waals surface area contributed by atoms with Gasteiger partial charge in [-0.1, -0.05) is 15.9 Å². The molecule has 1 saturated carbocycles. The van der Waals surface area contributed by atoms with E-state index in [0.717, 1.165) is 29.3 Å². The quantitative estimate of drug-likeness (QED) is 0.713. The number of benzene rings is 1. The van der Waals surface area contributed by atoms with E-state index in [-0.39, 0.29) is 0 Å². The Labute approximate surface area is 88.2 Å². The molecular formula is C10H7BrF3. The van der Waals surface area contributed by atoms with Crippen LogP contribution in [0.25, 0.3) is 0 Å². The summed E-state index contributed by atoms with van der Waals surface area (Å²) < 4.78 is 37.8. The predicted molar refractivity (Wildman–Crippen MR) is 50.7 cm³/mol. The van der Waals surface area contributed by atoms with Crippen LogP contribution in [-0.4, -0.2) is 0 Å². The molecule has 0 amide bonds. The minimum absolute atomic E-state index is 0.574. The van der Waals surface area contributed by atoms with Crippen LogP contribution >= 0.6 is 15.9 Å². The van der Waals surface area contributed by atoms with E-state index in [1.165, 1.54) is 12.1 Å². The van der Waals surface area contributed by atoms with Crippen LogP contribution in [0.3, 0.4) is 0 Å². The van der Waals surface area contributed by atoms with Gasteiger partial charge in [-0.25, -0.2) is 0 Å². The fourth-order valence-electron chi connectivity index (χ4n) is 1.30. The normalized spacial score (nSPS) is 17.1. The van der Waals surface area contributed by atoms with E-state index in [1.807, 2.05) is 0 Å². The lowest BCUT2D eigenvalue weighted by molar-refractivity contribution is -0.137. The highest BCUT2D eigenvalue weighted by molar-refractivity contribution is 9.10. The molecule has 0 nitrogen and oxygen atoms in total. The van der Waals surface area contributed by atoms with Gasteiger partial charge >= 0.3 is 6.18 Å².